The number of pyridine rings is 1. The molecule has 1 saturated carbocycles. The van der Waals surface area contributed by atoms with E-state index in [9.17, 15) is 0 Å². The number of rotatable bonds is 2. The number of oxime groups is 1. The van der Waals surface area contributed by atoms with Crippen LogP contribution < -0.4 is 10.6 Å². The predicted octanol–water partition coefficient (Wildman–Crippen LogP) is 1.41. The van der Waals surface area contributed by atoms with E-state index in [1.165, 1.54) is 19.3 Å². The van der Waals surface area contributed by atoms with Gasteiger partial charge in [-0.3, -0.25) is 4.98 Å². The van der Waals surface area contributed by atoms with Gasteiger partial charge in [-0.15, -0.1) is 0 Å². The molecule has 3 rings (SSSR count). The van der Waals surface area contributed by atoms with Gasteiger partial charge in [0, 0.05) is 25.0 Å². The van der Waals surface area contributed by atoms with E-state index in [-0.39, 0.29) is 5.84 Å². The number of hydrogen-bond acceptors (Lipinski definition) is 4. The van der Waals surface area contributed by atoms with Crippen LogP contribution >= 0.6 is 0 Å². The van der Waals surface area contributed by atoms with E-state index < -0.39 is 0 Å². The van der Waals surface area contributed by atoms with Crippen molar-refractivity contribution in [2.75, 3.05) is 18.0 Å². The highest BCUT2D eigenvalue weighted by atomic mass is 16.4. The number of anilines is 1. The van der Waals surface area contributed by atoms with Gasteiger partial charge in [-0.05, 0) is 36.8 Å². The molecular weight excluding hydrogens is 228 g/mol. The van der Waals surface area contributed by atoms with E-state index in [1.807, 2.05) is 12.1 Å². The van der Waals surface area contributed by atoms with Gasteiger partial charge in [0.05, 0.1) is 0 Å². The van der Waals surface area contributed by atoms with E-state index >= 15 is 0 Å². The molecular formula is C13H18N4O. The summed E-state index contributed by atoms with van der Waals surface area (Å²) in [7, 11) is 0. The van der Waals surface area contributed by atoms with Crippen molar-refractivity contribution in [2.45, 2.75) is 19.3 Å². The Kier molecular flexibility index (Phi) is 2.81. The third-order valence-electron chi connectivity index (χ3n) is 4.21. The van der Waals surface area contributed by atoms with Crippen LogP contribution in [0.15, 0.2) is 23.5 Å². The maximum Gasteiger partial charge on any atom is 0.188 e. The van der Waals surface area contributed by atoms with Crippen LogP contribution in [0.25, 0.3) is 0 Å². The fraction of sp³-hybridized carbons (Fsp3) is 0.538. The Labute approximate surface area is 106 Å². The highest BCUT2D eigenvalue weighted by molar-refractivity contribution is 5.95. The topological polar surface area (TPSA) is 74.7 Å². The fourth-order valence-corrected chi connectivity index (χ4v) is 3.25. The van der Waals surface area contributed by atoms with Crippen molar-refractivity contribution >= 4 is 11.5 Å². The Morgan fingerprint density at radius 2 is 2.11 bits per heavy atom. The Morgan fingerprint density at radius 3 is 2.78 bits per heavy atom. The van der Waals surface area contributed by atoms with E-state index in [0.717, 1.165) is 30.6 Å². The largest absolute Gasteiger partial charge is 0.409 e. The standard InChI is InChI=1S/C13H18N4O/c14-13(16-18)12-6-11(4-5-15-12)17-7-9-2-1-3-10(9)8-17/h4-6,9-10,18H,1-3,7-8H2,(H2,14,16). The van der Waals surface area contributed by atoms with Crippen LogP contribution in [0.5, 0.6) is 0 Å². The van der Waals surface area contributed by atoms with Crippen molar-refractivity contribution in [3.63, 3.8) is 0 Å². The molecule has 2 aliphatic rings. The van der Waals surface area contributed by atoms with Crippen molar-refractivity contribution < 1.29 is 5.21 Å². The summed E-state index contributed by atoms with van der Waals surface area (Å²) in [5.74, 6) is 1.77. The summed E-state index contributed by atoms with van der Waals surface area (Å²) in [6, 6.07) is 3.89. The summed E-state index contributed by atoms with van der Waals surface area (Å²) < 4.78 is 0. The minimum atomic E-state index is 0.0660. The quantitative estimate of drug-likeness (QED) is 0.358. The average Bonchev–Trinajstić information content (AvgIpc) is 2.98. The lowest BCUT2D eigenvalue weighted by Crippen LogP contribution is -2.22. The van der Waals surface area contributed by atoms with Gasteiger partial charge in [0.2, 0.25) is 0 Å². The summed E-state index contributed by atoms with van der Waals surface area (Å²) >= 11 is 0. The molecule has 0 radical (unpaired) electrons. The minimum absolute atomic E-state index is 0.0660. The molecule has 2 fully saturated rings. The lowest BCUT2D eigenvalue weighted by atomic mass is 10.0. The second-order valence-corrected chi connectivity index (χ2v) is 5.24. The Morgan fingerprint density at radius 1 is 1.39 bits per heavy atom. The molecule has 0 amide bonds. The third-order valence-corrected chi connectivity index (χ3v) is 4.21. The molecule has 2 atom stereocenters. The van der Waals surface area contributed by atoms with E-state index in [2.05, 4.69) is 15.0 Å². The van der Waals surface area contributed by atoms with Crippen LogP contribution in [-0.4, -0.2) is 29.1 Å². The van der Waals surface area contributed by atoms with E-state index in [4.69, 9.17) is 10.9 Å². The maximum atomic E-state index is 8.69. The number of aromatic nitrogens is 1. The van der Waals surface area contributed by atoms with Crippen LogP contribution in [-0.2, 0) is 0 Å². The van der Waals surface area contributed by atoms with E-state index in [1.54, 1.807) is 6.20 Å². The SMILES string of the molecule is N/C(=N/O)c1cc(N2CC3CCCC3C2)ccn1. The lowest BCUT2D eigenvalue weighted by molar-refractivity contribution is 0.318. The van der Waals surface area contributed by atoms with Crippen molar-refractivity contribution in [2.24, 2.45) is 22.7 Å². The molecule has 5 nitrogen and oxygen atoms in total. The molecule has 1 aliphatic heterocycles. The van der Waals surface area contributed by atoms with Crippen LogP contribution in [0.3, 0.4) is 0 Å². The molecule has 1 saturated heterocycles. The first-order valence-corrected chi connectivity index (χ1v) is 6.47. The minimum Gasteiger partial charge on any atom is -0.409 e. The molecule has 18 heavy (non-hydrogen) atoms. The first-order chi connectivity index (χ1) is 8.78. The van der Waals surface area contributed by atoms with Crippen molar-refractivity contribution in [1.29, 1.82) is 0 Å². The summed E-state index contributed by atoms with van der Waals surface area (Å²) in [5, 5.41) is 11.7. The van der Waals surface area contributed by atoms with Crippen molar-refractivity contribution in [3.8, 4) is 0 Å². The summed E-state index contributed by atoms with van der Waals surface area (Å²) in [5.41, 5.74) is 7.23. The zero-order chi connectivity index (χ0) is 12.5. The number of fused-ring (bicyclic) bond motifs is 1. The number of nitrogens with zero attached hydrogens (tertiary/aromatic N) is 3. The zero-order valence-electron chi connectivity index (χ0n) is 10.3. The predicted molar refractivity (Wildman–Crippen MR) is 69.8 cm³/mol. The summed E-state index contributed by atoms with van der Waals surface area (Å²) in [4.78, 5) is 6.50. The summed E-state index contributed by atoms with van der Waals surface area (Å²) in [6.45, 7) is 2.26. The molecule has 0 aromatic carbocycles. The number of hydrogen-bond donors (Lipinski definition) is 2. The molecule has 3 N–H and O–H groups in total. The highest BCUT2D eigenvalue weighted by Crippen LogP contribution is 2.39. The first-order valence-electron chi connectivity index (χ1n) is 6.47. The molecule has 0 bridgehead atoms. The van der Waals surface area contributed by atoms with Gasteiger partial charge in [0.25, 0.3) is 0 Å². The Hall–Kier alpha value is -1.78. The van der Waals surface area contributed by atoms with Gasteiger partial charge >= 0.3 is 0 Å². The monoisotopic (exact) mass is 246 g/mol. The zero-order valence-corrected chi connectivity index (χ0v) is 10.3. The third kappa shape index (κ3) is 1.89. The molecule has 2 heterocycles. The van der Waals surface area contributed by atoms with Crippen molar-refractivity contribution in [3.05, 3.63) is 24.0 Å². The molecule has 1 aliphatic carbocycles. The molecule has 96 valence electrons. The molecule has 5 heteroatoms. The first kappa shape index (κ1) is 11.3. The highest BCUT2D eigenvalue weighted by Gasteiger charge is 2.36. The summed E-state index contributed by atoms with van der Waals surface area (Å²) in [6.07, 6.45) is 5.82. The van der Waals surface area contributed by atoms with Crippen molar-refractivity contribution in [1.82, 2.24) is 4.98 Å². The van der Waals surface area contributed by atoms with Crippen LogP contribution in [0.4, 0.5) is 5.69 Å². The fourth-order valence-electron chi connectivity index (χ4n) is 3.25. The molecule has 2 unspecified atom stereocenters. The van der Waals surface area contributed by atoms with E-state index in [0.29, 0.717) is 5.69 Å². The molecule has 1 aromatic rings. The van der Waals surface area contributed by atoms with Gasteiger partial charge < -0.3 is 15.8 Å². The van der Waals surface area contributed by atoms with Crippen LogP contribution in [0.1, 0.15) is 25.0 Å². The van der Waals surface area contributed by atoms with Gasteiger partial charge in [0.15, 0.2) is 5.84 Å². The van der Waals surface area contributed by atoms with Crippen LogP contribution in [0.2, 0.25) is 0 Å². The van der Waals surface area contributed by atoms with Gasteiger partial charge in [-0.25, -0.2) is 0 Å². The smallest absolute Gasteiger partial charge is 0.188 e. The lowest BCUT2D eigenvalue weighted by Gasteiger charge is -2.19. The molecule has 0 spiro atoms. The Balaban J connectivity index is 1.81. The normalized spacial score (nSPS) is 27.6. The second kappa shape index (κ2) is 4.48. The van der Waals surface area contributed by atoms with Gasteiger partial charge in [-0.1, -0.05) is 11.6 Å². The Bertz CT molecular complexity index is 462. The second-order valence-electron chi connectivity index (χ2n) is 5.24. The van der Waals surface area contributed by atoms with Gasteiger partial charge in [-0.2, -0.15) is 0 Å². The number of nitrogens with two attached hydrogens (primary N) is 1. The van der Waals surface area contributed by atoms with Gasteiger partial charge in [0.1, 0.15) is 5.69 Å². The maximum absolute atomic E-state index is 8.69. The van der Waals surface area contributed by atoms with Crippen LogP contribution in [0, 0.1) is 11.8 Å². The average molecular weight is 246 g/mol. The molecule has 1 aromatic heterocycles. The number of amidine groups is 1.